The summed E-state index contributed by atoms with van der Waals surface area (Å²) < 4.78 is 65.5. The van der Waals surface area contributed by atoms with Crippen molar-refractivity contribution < 1.29 is 42.2 Å². The lowest BCUT2D eigenvalue weighted by atomic mass is 9.79. The van der Waals surface area contributed by atoms with Gasteiger partial charge in [0.1, 0.15) is 11.5 Å². The van der Waals surface area contributed by atoms with Crippen LogP contribution >= 0.6 is 0 Å². The number of benzene rings is 3. The summed E-state index contributed by atoms with van der Waals surface area (Å²) in [5, 5.41) is 21.0. The Hall–Kier alpha value is -5.04. The smallest absolute Gasteiger partial charge is 0.399 e. The number of carbonyl (C=O) groups is 1. The molecule has 13 heteroatoms. The second-order valence-corrected chi connectivity index (χ2v) is 13.1. The van der Waals surface area contributed by atoms with Gasteiger partial charge in [0.05, 0.1) is 24.7 Å². The third-order valence-corrected chi connectivity index (χ3v) is 10.0. The summed E-state index contributed by atoms with van der Waals surface area (Å²) in [6.45, 7) is 1.20. The van der Waals surface area contributed by atoms with E-state index in [4.69, 9.17) is 19.3 Å². The molecule has 0 spiro atoms. The Bertz CT molecular complexity index is 1890. The zero-order valence-electron chi connectivity index (χ0n) is 27.9. The highest BCUT2D eigenvalue weighted by Gasteiger charge is 2.57. The number of alkyl halides is 3. The van der Waals surface area contributed by atoms with Crippen LogP contribution in [0, 0.1) is 10.1 Å². The Labute approximate surface area is 286 Å². The van der Waals surface area contributed by atoms with Crippen molar-refractivity contribution in [3.63, 3.8) is 0 Å². The molecule has 0 radical (unpaired) electrons. The SMILES string of the molecule is COc1cc(/C=C/C(=O)O)cc(OC)c1O[C@@H]1C[C@H]2CC[C@@H](C1)N2CC(C)(c1cn(Cc2ccccc2)c2cc([N+](=O)[O-])ccc12)C(F)(F)F. The summed E-state index contributed by atoms with van der Waals surface area (Å²) in [5.41, 5.74) is -0.634. The van der Waals surface area contributed by atoms with E-state index in [1.54, 1.807) is 16.7 Å². The largest absolute Gasteiger partial charge is 0.493 e. The van der Waals surface area contributed by atoms with E-state index in [0.717, 1.165) is 11.6 Å². The fraction of sp³-hybridized carbons (Fsp3) is 0.378. The van der Waals surface area contributed by atoms with Crippen LogP contribution in [0.5, 0.6) is 17.2 Å². The van der Waals surface area contributed by atoms with Gasteiger partial charge in [-0.2, -0.15) is 13.2 Å². The number of halogens is 3. The monoisotopic (exact) mass is 693 g/mol. The molecule has 0 saturated carbocycles. The number of rotatable bonds is 12. The summed E-state index contributed by atoms with van der Waals surface area (Å²) in [4.78, 5) is 24.1. The first-order chi connectivity index (χ1) is 23.8. The highest BCUT2D eigenvalue weighted by atomic mass is 19.4. The maximum Gasteiger partial charge on any atom is 0.399 e. The molecule has 1 unspecified atom stereocenters. The number of non-ortho nitro benzene ring substituents is 1. The van der Waals surface area contributed by atoms with Crippen molar-refractivity contribution in [3.8, 4) is 17.2 Å². The van der Waals surface area contributed by atoms with Crippen molar-refractivity contribution >= 4 is 28.6 Å². The standard InChI is InChI=1S/C37H38F3N3O7/c1-36(37(38,39)40,30-21-41(20-23-7-5-4-6-8-23)31-19-27(43(46)47)12-13-29(30)31)22-42-25-10-11-26(42)18-28(17-25)50-35-32(48-2)15-24(9-14-34(44)45)16-33(35)49-3/h4-9,12-16,19,21,25-26,28H,10-11,17-18,20,22H2,1-3H3,(H,44,45)/b14-9+/t25-,26+,28-,36?. The van der Waals surface area contributed by atoms with E-state index in [9.17, 15) is 14.9 Å². The summed E-state index contributed by atoms with van der Waals surface area (Å²) >= 11 is 0. The third kappa shape index (κ3) is 6.74. The number of nitrogens with zero attached hydrogens (tertiary/aromatic N) is 3. The van der Waals surface area contributed by atoms with Crippen LogP contribution in [0.15, 0.2) is 72.9 Å². The van der Waals surface area contributed by atoms with Crippen LogP contribution in [0.25, 0.3) is 17.0 Å². The lowest BCUT2D eigenvalue weighted by Crippen LogP contribution is -2.55. The van der Waals surface area contributed by atoms with E-state index in [0.29, 0.717) is 59.4 Å². The number of methoxy groups -OCH3 is 2. The molecule has 2 aliphatic rings. The molecule has 4 aromatic rings. The van der Waals surface area contributed by atoms with E-state index in [1.807, 2.05) is 35.2 Å². The zero-order chi connectivity index (χ0) is 35.8. The number of nitro groups is 1. The third-order valence-electron chi connectivity index (χ3n) is 10.0. The number of carboxylic acid groups (broad SMARTS) is 1. The summed E-state index contributed by atoms with van der Waals surface area (Å²) in [6.07, 6.45) is 1.37. The van der Waals surface area contributed by atoms with Gasteiger partial charge in [-0.25, -0.2) is 4.79 Å². The molecular formula is C37H38F3N3O7. The van der Waals surface area contributed by atoms with Gasteiger partial charge in [-0.1, -0.05) is 30.3 Å². The Morgan fingerprint density at radius 3 is 2.22 bits per heavy atom. The van der Waals surface area contributed by atoms with Gasteiger partial charge in [0.25, 0.3) is 5.69 Å². The van der Waals surface area contributed by atoms with Gasteiger partial charge < -0.3 is 23.9 Å². The van der Waals surface area contributed by atoms with Crippen LogP contribution in [0.4, 0.5) is 18.9 Å². The van der Waals surface area contributed by atoms with Crippen LogP contribution in [0.1, 0.15) is 49.3 Å². The van der Waals surface area contributed by atoms with Gasteiger partial charge in [-0.05, 0) is 73.6 Å². The molecule has 50 heavy (non-hydrogen) atoms. The highest BCUT2D eigenvalue weighted by Crippen LogP contribution is 2.49. The van der Waals surface area contributed by atoms with Crippen molar-refractivity contribution in [1.82, 2.24) is 9.47 Å². The average molecular weight is 694 g/mol. The molecule has 264 valence electrons. The van der Waals surface area contributed by atoms with Crippen LogP contribution < -0.4 is 14.2 Å². The Morgan fingerprint density at radius 2 is 1.66 bits per heavy atom. The quantitative estimate of drug-likeness (QED) is 0.0916. The maximum atomic E-state index is 15.4. The zero-order valence-corrected chi connectivity index (χ0v) is 27.9. The first kappa shape index (κ1) is 34.8. The topological polar surface area (TPSA) is 116 Å². The highest BCUT2D eigenvalue weighted by molar-refractivity contribution is 5.87. The van der Waals surface area contributed by atoms with Crippen LogP contribution in [0.3, 0.4) is 0 Å². The molecule has 2 fully saturated rings. The van der Waals surface area contributed by atoms with E-state index < -0.39 is 22.5 Å². The Balaban J connectivity index is 1.30. The summed E-state index contributed by atoms with van der Waals surface area (Å²) in [6, 6.07) is 16.2. The number of nitro benzene ring substituents is 1. The number of ether oxygens (including phenoxy) is 3. The Kier molecular flexibility index (Phi) is 9.54. The molecule has 10 nitrogen and oxygen atoms in total. The number of fused-ring (bicyclic) bond motifs is 3. The van der Waals surface area contributed by atoms with Crippen molar-refractivity contribution in [2.45, 2.75) is 68.9 Å². The lowest BCUT2D eigenvalue weighted by molar-refractivity contribution is -0.384. The molecular weight excluding hydrogens is 655 g/mol. The minimum atomic E-state index is -4.63. The second-order valence-electron chi connectivity index (χ2n) is 13.1. The summed E-state index contributed by atoms with van der Waals surface area (Å²) in [7, 11) is 2.93. The molecule has 2 saturated heterocycles. The van der Waals surface area contributed by atoms with E-state index in [2.05, 4.69) is 0 Å². The minimum absolute atomic E-state index is 0.0788. The molecule has 6 rings (SSSR count). The van der Waals surface area contributed by atoms with E-state index in [-0.39, 0.29) is 42.5 Å². The molecule has 2 aliphatic heterocycles. The molecule has 0 aliphatic carbocycles. The average Bonchev–Trinajstić information content (AvgIpc) is 3.55. The van der Waals surface area contributed by atoms with Crippen molar-refractivity contribution in [3.05, 3.63) is 99.7 Å². The van der Waals surface area contributed by atoms with Gasteiger partial charge in [0.2, 0.25) is 5.75 Å². The molecule has 3 heterocycles. The van der Waals surface area contributed by atoms with Crippen LogP contribution in [0.2, 0.25) is 0 Å². The van der Waals surface area contributed by atoms with Gasteiger partial charge in [-0.15, -0.1) is 0 Å². The van der Waals surface area contributed by atoms with Crippen LogP contribution in [-0.4, -0.2) is 70.6 Å². The molecule has 0 amide bonds. The van der Waals surface area contributed by atoms with E-state index in [1.165, 1.54) is 51.6 Å². The molecule has 2 bridgehead atoms. The van der Waals surface area contributed by atoms with Gasteiger partial charge in [0.15, 0.2) is 11.5 Å². The number of carboxylic acids is 1. The first-order valence-corrected chi connectivity index (χ1v) is 16.3. The number of aromatic nitrogens is 1. The van der Waals surface area contributed by atoms with Gasteiger partial charge in [-0.3, -0.25) is 15.0 Å². The number of piperidine rings is 1. The predicted molar refractivity (Wildman–Crippen MR) is 181 cm³/mol. The molecule has 4 atom stereocenters. The fourth-order valence-corrected chi connectivity index (χ4v) is 7.46. The maximum absolute atomic E-state index is 15.4. The Morgan fingerprint density at radius 1 is 1.02 bits per heavy atom. The van der Waals surface area contributed by atoms with Gasteiger partial charge in [0, 0.05) is 55.0 Å². The number of hydrogen-bond donors (Lipinski definition) is 1. The summed E-state index contributed by atoms with van der Waals surface area (Å²) in [5.74, 6) is -0.0586. The molecule has 1 N–H and O–H groups in total. The lowest BCUT2D eigenvalue weighted by Gasteiger charge is -2.44. The van der Waals surface area contributed by atoms with Crippen molar-refractivity contribution in [2.75, 3.05) is 20.8 Å². The normalized spacial score (nSPS) is 20.6. The van der Waals surface area contributed by atoms with E-state index >= 15 is 13.2 Å². The number of aliphatic carboxylic acids is 1. The molecule has 3 aromatic carbocycles. The van der Waals surface area contributed by atoms with Crippen molar-refractivity contribution in [1.29, 1.82) is 0 Å². The van der Waals surface area contributed by atoms with Gasteiger partial charge >= 0.3 is 12.1 Å². The second kappa shape index (κ2) is 13.7. The number of hydrogen-bond acceptors (Lipinski definition) is 7. The fourth-order valence-electron chi connectivity index (χ4n) is 7.46. The first-order valence-electron chi connectivity index (χ1n) is 16.3. The van der Waals surface area contributed by atoms with Crippen molar-refractivity contribution in [2.24, 2.45) is 0 Å². The predicted octanol–water partition coefficient (Wildman–Crippen LogP) is 7.61. The van der Waals surface area contributed by atoms with Crippen LogP contribution in [-0.2, 0) is 16.8 Å². The molecule has 1 aromatic heterocycles. The minimum Gasteiger partial charge on any atom is -0.493 e.